The number of nitrogens with zero attached hydrogens (tertiary/aromatic N) is 6. The van der Waals surface area contributed by atoms with E-state index in [1.54, 1.807) is 29.5 Å². The largest absolute Gasteiger partial charge is 0.368 e. The second kappa shape index (κ2) is 6.51. The van der Waals surface area contributed by atoms with E-state index in [1.165, 1.54) is 0 Å². The van der Waals surface area contributed by atoms with Crippen LogP contribution in [0.5, 0.6) is 0 Å². The number of piperazine rings is 1. The van der Waals surface area contributed by atoms with E-state index in [9.17, 15) is 4.79 Å². The van der Waals surface area contributed by atoms with Crippen LogP contribution in [0.1, 0.15) is 6.92 Å². The van der Waals surface area contributed by atoms with Gasteiger partial charge in [-0.1, -0.05) is 0 Å². The first-order valence-corrected chi connectivity index (χ1v) is 8.43. The number of rotatable bonds is 3. The number of carbonyl (C=O) groups excluding carboxylic acids is 1. The highest BCUT2D eigenvalue weighted by Gasteiger charge is 2.28. The van der Waals surface area contributed by atoms with Crippen molar-refractivity contribution in [1.82, 2.24) is 24.6 Å². The van der Waals surface area contributed by atoms with E-state index >= 15 is 0 Å². The maximum absolute atomic E-state index is 12.8. The molecular weight excluding hydrogens is 316 g/mol. The van der Waals surface area contributed by atoms with Gasteiger partial charge in [-0.25, -0.2) is 0 Å². The number of hydrogen-bond donors (Lipinski definition) is 0. The molecule has 0 aliphatic carbocycles. The summed E-state index contributed by atoms with van der Waals surface area (Å²) < 4.78 is 1.73. The fraction of sp³-hybridized carbons (Fsp3) is 0.333. The highest BCUT2D eigenvalue weighted by molar-refractivity contribution is 5.80. The Bertz CT molecular complexity index is 877. The summed E-state index contributed by atoms with van der Waals surface area (Å²) in [6.07, 6.45) is 7.03. The average molecular weight is 336 g/mol. The van der Waals surface area contributed by atoms with Crippen molar-refractivity contribution in [3.05, 3.63) is 49.1 Å². The number of anilines is 1. The van der Waals surface area contributed by atoms with Crippen LogP contribution in [0.2, 0.25) is 0 Å². The van der Waals surface area contributed by atoms with E-state index in [2.05, 4.69) is 26.9 Å². The summed E-state index contributed by atoms with van der Waals surface area (Å²) in [6, 6.07) is 7.96. The standard InChI is InChI=1S/C18H20N6O/c1-14-12-22(15-4-7-19-8-5-15)9-10-23(14)18(25)13-24-17-3-2-6-20-16(17)11-21-24/h2-8,11,14H,9-10,12-13H2,1H3. The third kappa shape index (κ3) is 3.05. The fourth-order valence-corrected chi connectivity index (χ4v) is 3.38. The Morgan fingerprint density at radius 2 is 2.04 bits per heavy atom. The zero-order valence-corrected chi connectivity index (χ0v) is 14.1. The monoisotopic (exact) mass is 336 g/mol. The molecule has 1 aliphatic heterocycles. The number of hydrogen-bond acceptors (Lipinski definition) is 5. The van der Waals surface area contributed by atoms with Crippen LogP contribution in [-0.2, 0) is 11.3 Å². The van der Waals surface area contributed by atoms with E-state index in [-0.39, 0.29) is 18.5 Å². The molecule has 1 amide bonds. The first-order chi connectivity index (χ1) is 12.2. The van der Waals surface area contributed by atoms with Crippen molar-refractivity contribution in [2.24, 2.45) is 0 Å². The molecule has 0 bridgehead atoms. The van der Waals surface area contributed by atoms with Crippen LogP contribution in [0.25, 0.3) is 11.0 Å². The molecule has 1 saturated heterocycles. The van der Waals surface area contributed by atoms with Gasteiger partial charge in [0.25, 0.3) is 0 Å². The fourth-order valence-electron chi connectivity index (χ4n) is 3.38. The van der Waals surface area contributed by atoms with Gasteiger partial charge in [0, 0.05) is 50.0 Å². The van der Waals surface area contributed by atoms with Crippen molar-refractivity contribution < 1.29 is 4.79 Å². The van der Waals surface area contributed by atoms with Crippen molar-refractivity contribution in [3.8, 4) is 0 Å². The summed E-state index contributed by atoms with van der Waals surface area (Å²) in [5.74, 6) is 0.0933. The van der Waals surface area contributed by atoms with Crippen LogP contribution in [0.15, 0.2) is 49.1 Å². The summed E-state index contributed by atoms with van der Waals surface area (Å²) in [5.41, 5.74) is 2.85. The van der Waals surface area contributed by atoms with Crippen LogP contribution in [0, 0.1) is 0 Å². The Kier molecular flexibility index (Phi) is 4.05. The lowest BCUT2D eigenvalue weighted by atomic mass is 10.1. The van der Waals surface area contributed by atoms with Crippen molar-refractivity contribution in [2.75, 3.05) is 24.5 Å². The molecule has 0 saturated carbocycles. The molecule has 1 fully saturated rings. The average Bonchev–Trinajstić information content (AvgIpc) is 3.05. The predicted octanol–water partition coefficient (Wildman–Crippen LogP) is 1.56. The lowest BCUT2D eigenvalue weighted by Crippen LogP contribution is -2.54. The van der Waals surface area contributed by atoms with Gasteiger partial charge in [0.2, 0.25) is 5.91 Å². The van der Waals surface area contributed by atoms with E-state index in [0.29, 0.717) is 6.54 Å². The number of pyridine rings is 2. The van der Waals surface area contributed by atoms with Crippen LogP contribution in [0.4, 0.5) is 5.69 Å². The van der Waals surface area contributed by atoms with E-state index < -0.39 is 0 Å². The second-order valence-electron chi connectivity index (χ2n) is 6.30. The Labute approximate surface area is 145 Å². The quantitative estimate of drug-likeness (QED) is 0.726. The van der Waals surface area contributed by atoms with Gasteiger partial charge < -0.3 is 9.80 Å². The summed E-state index contributed by atoms with van der Waals surface area (Å²) in [6.45, 7) is 4.68. The lowest BCUT2D eigenvalue weighted by Gasteiger charge is -2.41. The minimum Gasteiger partial charge on any atom is -0.368 e. The minimum absolute atomic E-state index is 0.0933. The molecule has 7 nitrogen and oxygen atoms in total. The van der Waals surface area contributed by atoms with Crippen LogP contribution in [-0.4, -0.2) is 56.2 Å². The van der Waals surface area contributed by atoms with Crippen molar-refractivity contribution in [3.63, 3.8) is 0 Å². The zero-order valence-electron chi connectivity index (χ0n) is 14.1. The SMILES string of the molecule is CC1CN(c2ccncc2)CCN1C(=O)Cn1ncc2ncccc21. The number of amides is 1. The maximum Gasteiger partial charge on any atom is 0.244 e. The third-order valence-electron chi connectivity index (χ3n) is 4.67. The molecule has 1 unspecified atom stereocenters. The number of fused-ring (bicyclic) bond motifs is 1. The minimum atomic E-state index is 0.0933. The third-order valence-corrected chi connectivity index (χ3v) is 4.67. The first-order valence-electron chi connectivity index (χ1n) is 8.43. The Balaban J connectivity index is 1.45. The van der Waals surface area contributed by atoms with Crippen molar-refractivity contribution in [2.45, 2.75) is 19.5 Å². The summed E-state index contributed by atoms with van der Waals surface area (Å²) >= 11 is 0. The highest BCUT2D eigenvalue weighted by atomic mass is 16.2. The molecule has 3 aromatic rings. The van der Waals surface area contributed by atoms with Crippen molar-refractivity contribution in [1.29, 1.82) is 0 Å². The Hall–Kier alpha value is -2.96. The molecule has 0 spiro atoms. The summed E-state index contributed by atoms with van der Waals surface area (Å²) in [5, 5.41) is 4.31. The maximum atomic E-state index is 12.8. The molecule has 0 aromatic carbocycles. The summed E-state index contributed by atoms with van der Waals surface area (Å²) in [4.78, 5) is 25.3. The van der Waals surface area contributed by atoms with E-state index in [4.69, 9.17) is 0 Å². The summed E-state index contributed by atoms with van der Waals surface area (Å²) in [7, 11) is 0. The topological polar surface area (TPSA) is 67.2 Å². The smallest absolute Gasteiger partial charge is 0.244 e. The molecule has 4 rings (SSSR count). The molecule has 0 N–H and O–H groups in total. The van der Waals surface area contributed by atoms with Gasteiger partial charge in [-0.15, -0.1) is 0 Å². The molecule has 128 valence electrons. The van der Waals surface area contributed by atoms with Gasteiger partial charge in [-0.2, -0.15) is 5.10 Å². The van der Waals surface area contributed by atoms with Crippen LogP contribution in [0.3, 0.4) is 0 Å². The van der Waals surface area contributed by atoms with Crippen LogP contribution < -0.4 is 4.90 Å². The van der Waals surface area contributed by atoms with E-state index in [1.807, 2.05) is 29.2 Å². The highest BCUT2D eigenvalue weighted by Crippen LogP contribution is 2.19. The second-order valence-corrected chi connectivity index (χ2v) is 6.30. The predicted molar refractivity (Wildman–Crippen MR) is 95.2 cm³/mol. The molecule has 1 atom stereocenters. The zero-order chi connectivity index (χ0) is 17.2. The molecule has 1 aliphatic rings. The molecule has 3 aromatic heterocycles. The number of carbonyl (C=O) groups is 1. The number of aromatic nitrogens is 4. The lowest BCUT2D eigenvalue weighted by molar-refractivity contribution is -0.134. The van der Waals surface area contributed by atoms with Crippen LogP contribution >= 0.6 is 0 Å². The molecule has 7 heteroatoms. The first kappa shape index (κ1) is 15.6. The molecule has 0 radical (unpaired) electrons. The Morgan fingerprint density at radius 3 is 2.84 bits per heavy atom. The van der Waals surface area contributed by atoms with Gasteiger partial charge in [0.1, 0.15) is 12.1 Å². The van der Waals surface area contributed by atoms with Gasteiger partial charge in [-0.3, -0.25) is 19.4 Å². The van der Waals surface area contributed by atoms with Crippen molar-refractivity contribution >= 4 is 22.6 Å². The van der Waals surface area contributed by atoms with Gasteiger partial charge in [-0.05, 0) is 31.2 Å². The van der Waals surface area contributed by atoms with Gasteiger partial charge in [0.05, 0.1) is 11.7 Å². The Morgan fingerprint density at radius 1 is 1.20 bits per heavy atom. The van der Waals surface area contributed by atoms with Gasteiger partial charge in [0.15, 0.2) is 0 Å². The normalized spacial score (nSPS) is 17.9. The molecule has 4 heterocycles. The molecular formula is C18H20N6O. The molecule has 25 heavy (non-hydrogen) atoms. The van der Waals surface area contributed by atoms with E-state index in [0.717, 1.165) is 29.8 Å². The van der Waals surface area contributed by atoms with Gasteiger partial charge >= 0.3 is 0 Å².